The highest BCUT2D eigenvalue weighted by Crippen LogP contribution is 2.53. The molecule has 11 rings (SSSR count). The van der Waals surface area contributed by atoms with Gasteiger partial charge in [0.1, 0.15) is 17.1 Å². The average Bonchev–Trinajstić information content (AvgIpc) is 3.62. The van der Waals surface area contributed by atoms with Gasteiger partial charge < -0.3 is 19.0 Å². The van der Waals surface area contributed by atoms with E-state index in [2.05, 4.69) is 200 Å². The number of nitrogens with zero attached hydrogens (tertiary/aromatic N) is 2. The Labute approximate surface area is 332 Å². The Kier molecular flexibility index (Phi) is 7.41. The molecule has 0 radical (unpaired) electrons. The normalized spacial score (nSPS) is 12.4. The van der Waals surface area contributed by atoms with E-state index in [9.17, 15) is 0 Å². The number of furan rings is 1. The summed E-state index contributed by atoms with van der Waals surface area (Å²) in [5.74, 6) is 1.71. The first-order chi connectivity index (χ1) is 27.8. The topological polar surface area (TPSA) is 28.9 Å². The highest BCUT2D eigenvalue weighted by molar-refractivity contribution is 6.88. The van der Waals surface area contributed by atoms with Crippen LogP contribution in [-0.2, 0) is 0 Å². The molecule has 0 unspecified atom stereocenters. The number of aryl methyl sites for hydroxylation is 1. The second-order valence-corrected chi connectivity index (χ2v) is 21.4. The third kappa shape index (κ3) is 5.34. The molecule has 1 aliphatic rings. The lowest BCUT2D eigenvalue weighted by molar-refractivity contribution is 0.493. The zero-order valence-electron chi connectivity index (χ0n) is 32.4. The maximum absolute atomic E-state index is 7.05. The van der Waals surface area contributed by atoms with Gasteiger partial charge in [0.25, 0.3) is 0 Å². The molecule has 4 nitrogen and oxygen atoms in total. The van der Waals surface area contributed by atoms with E-state index < -0.39 is 8.07 Å². The van der Waals surface area contributed by atoms with E-state index in [1.807, 2.05) is 6.07 Å². The van der Waals surface area contributed by atoms with Gasteiger partial charge in [-0.15, -0.1) is 0 Å². The van der Waals surface area contributed by atoms with Crippen LogP contribution in [0.25, 0.3) is 54.3 Å². The molecule has 0 atom stereocenters. The van der Waals surface area contributed by atoms with Crippen LogP contribution in [0.3, 0.4) is 0 Å². The summed E-state index contributed by atoms with van der Waals surface area (Å²) in [7, 11) is -1.52. The Morgan fingerprint density at radius 3 is 1.84 bits per heavy atom. The third-order valence-corrected chi connectivity index (χ3v) is 13.6. The predicted molar refractivity (Wildman–Crippen MR) is 243 cm³/mol. The molecule has 1 aliphatic heterocycles. The van der Waals surface area contributed by atoms with Gasteiger partial charge in [-0.05, 0) is 84.4 Å². The molecule has 9 aromatic carbocycles. The Hall–Kier alpha value is -6.82. The SMILES string of the molecule is Cc1ccc(N(c2ccccc2)c2cc3ccc4cc(N(c5ccc([Si](C)(C)C)cc5)c5cccc6c5oc5ccccc56)cc5c4c3c3c(cccc23)O5)cc1. The molecule has 0 saturated carbocycles. The van der Waals surface area contributed by atoms with Gasteiger partial charge in [0.15, 0.2) is 5.58 Å². The quantitative estimate of drug-likeness (QED) is 0.120. The Morgan fingerprint density at radius 1 is 0.439 bits per heavy atom. The van der Waals surface area contributed by atoms with Crippen molar-refractivity contribution in [2.24, 2.45) is 0 Å². The van der Waals surface area contributed by atoms with Gasteiger partial charge >= 0.3 is 0 Å². The maximum atomic E-state index is 7.05. The van der Waals surface area contributed by atoms with Gasteiger partial charge in [0.2, 0.25) is 0 Å². The van der Waals surface area contributed by atoms with Crippen molar-refractivity contribution in [3.05, 3.63) is 175 Å². The van der Waals surface area contributed by atoms with Crippen LogP contribution >= 0.6 is 0 Å². The van der Waals surface area contributed by atoms with Crippen LogP contribution in [0.15, 0.2) is 174 Å². The van der Waals surface area contributed by atoms with Gasteiger partial charge in [-0.1, -0.05) is 127 Å². The van der Waals surface area contributed by atoms with Crippen molar-refractivity contribution in [2.45, 2.75) is 26.6 Å². The molecule has 0 spiro atoms. The number of benzene rings is 9. The second-order valence-electron chi connectivity index (χ2n) is 16.3. The molecule has 2 heterocycles. The molecule has 0 bridgehead atoms. The molecule has 0 saturated heterocycles. The monoisotopic (exact) mass is 752 g/mol. The molecule has 0 fully saturated rings. The lowest BCUT2D eigenvalue weighted by atomic mass is 9.91. The number of para-hydroxylation sites is 3. The molecule has 0 aliphatic carbocycles. The van der Waals surface area contributed by atoms with Crippen molar-refractivity contribution in [2.75, 3.05) is 9.80 Å². The van der Waals surface area contributed by atoms with Gasteiger partial charge in [-0.2, -0.15) is 0 Å². The van der Waals surface area contributed by atoms with Crippen LogP contribution in [-0.4, -0.2) is 8.07 Å². The molecule has 274 valence electrons. The minimum Gasteiger partial charge on any atom is -0.456 e. The summed E-state index contributed by atoms with van der Waals surface area (Å²) in [5, 5.41) is 10.6. The van der Waals surface area contributed by atoms with E-state index in [-0.39, 0.29) is 0 Å². The second kappa shape index (κ2) is 12.6. The van der Waals surface area contributed by atoms with Crippen molar-refractivity contribution < 1.29 is 9.15 Å². The first-order valence-corrected chi connectivity index (χ1v) is 23.2. The number of ether oxygens (including phenoxy) is 1. The Morgan fingerprint density at radius 2 is 1.07 bits per heavy atom. The number of anilines is 6. The maximum Gasteiger partial charge on any atom is 0.159 e. The van der Waals surface area contributed by atoms with Gasteiger partial charge in [-0.3, -0.25) is 0 Å². The number of fused-ring (bicyclic) bond motifs is 3. The predicted octanol–water partition coefficient (Wildman–Crippen LogP) is 14.9. The minimum atomic E-state index is -1.52. The smallest absolute Gasteiger partial charge is 0.159 e. The Bertz CT molecular complexity index is 3200. The molecular formula is C52H40N2O2Si. The van der Waals surface area contributed by atoms with Gasteiger partial charge in [0, 0.05) is 55.4 Å². The van der Waals surface area contributed by atoms with Gasteiger partial charge in [0.05, 0.1) is 25.1 Å². The summed E-state index contributed by atoms with van der Waals surface area (Å²) in [6.07, 6.45) is 0. The molecule has 57 heavy (non-hydrogen) atoms. The summed E-state index contributed by atoms with van der Waals surface area (Å²) in [6.45, 7) is 9.31. The first kappa shape index (κ1) is 33.5. The highest BCUT2D eigenvalue weighted by atomic mass is 28.3. The fourth-order valence-electron chi connectivity index (χ4n) is 8.79. The molecule has 10 aromatic rings. The number of hydrogen-bond acceptors (Lipinski definition) is 4. The fraction of sp³-hybridized carbons (Fsp3) is 0.0769. The summed E-state index contributed by atoms with van der Waals surface area (Å²) >= 11 is 0. The summed E-state index contributed by atoms with van der Waals surface area (Å²) < 4.78 is 13.7. The van der Waals surface area contributed by atoms with E-state index in [4.69, 9.17) is 9.15 Å². The molecular weight excluding hydrogens is 713 g/mol. The number of hydrogen-bond donors (Lipinski definition) is 0. The Balaban J connectivity index is 1.15. The van der Waals surface area contributed by atoms with Crippen LogP contribution in [0.2, 0.25) is 19.6 Å². The standard InChI is InChI=1S/C52H40N2O2Si/c1-33-20-24-37(25-21-33)53(36-12-6-5-7-13-36)45-31-35-23-22-34-30-39(32-48-49(34)50(35)51-43(45)16-11-19-47(51)55-48)54(38-26-28-40(29-27-38)57(2,3)4)44-17-10-15-42-41-14-8-9-18-46(41)56-52(42)44/h5-32H,1-4H3. The zero-order chi connectivity index (χ0) is 38.4. The van der Waals surface area contributed by atoms with Crippen molar-refractivity contribution in [1.82, 2.24) is 0 Å². The fourth-order valence-corrected chi connectivity index (χ4v) is 9.95. The zero-order valence-corrected chi connectivity index (χ0v) is 33.4. The average molecular weight is 753 g/mol. The molecule has 0 amide bonds. The molecule has 0 N–H and O–H groups in total. The summed E-state index contributed by atoms with van der Waals surface area (Å²) in [5.41, 5.74) is 9.36. The van der Waals surface area contributed by atoms with Crippen LogP contribution in [0.4, 0.5) is 34.1 Å². The third-order valence-electron chi connectivity index (χ3n) is 11.6. The van der Waals surface area contributed by atoms with Crippen molar-refractivity contribution in [3.63, 3.8) is 0 Å². The highest BCUT2D eigenvalue weighted by Gasteiger charge is 2.27. The lowest BCUT2D eigenvalue weighted by Crippen LogP contribution is -2.37. The van der Waals surface area contributed by atoms with Crippen molar-refractivity contribution in [3.8, 4) is 11.5 Å². The van der Waals surface area contributed by atoms with E-state index in [0.29, 0.717) is 0 Å². The van der Waals surface area contributed by atoms with E-state index in [1.165, 1.54) is 21.5 Å². The van der Waals surface area contributed by atoms with E-state index in [1.54, 1.807) is 0 Å². The first-order valence-electron chi connectivity index (χ1n) is 19.7. The summed E-state index contributed by atoms with van der Waals surface area (Å²) in [6, 6.07) is 61.2. The molecule has 1 aromatic heterocycles. The van der Waals surface area contributed by atoms with E-state index >= 15 is 0 Å². The molecule has 5 heteroatoms. The summed E-state index contributed by atoms with van der Waals surface area (Å²) in [4.78, 5) is 4.70. The van der Waals surface area contributed by atoms with Crippen LogP contribution in [0.1, 0.15) is 5.56 Å². The lowest BCUT2D eigenvalue weighted by Gasteiger charge is -2.30. The minimum absolute atomic E-state index is 0.847. The van der Waals surface area contributed by atoms with Gasteiger partial charge in [-0.25, -0.2) is 0 Å². The number of rotatable bonds is 7. The van der Waals surface area contributed by atoms with Crippen molar-refractivity contribution >= 4 is 102 Å². The van der Waals surface area contributed by atoms with Crippen LogP contribution in [0.5, 0.6) is 11.5 Å². The van der Waals surface area contributed by atoms with Crippen LogP contribution in [0, 0.1) is 6.92 Å². The largest absolute Gasteiger partial charge is 0.456 e. The van der Waals surface area contributed by atoms with Crippen LogP contribution < -0.4 is 19.7 Å². The van der Waals surface area contributed by atoms with Crippen molar-refractivity contribution in [1.29, 1.82) is 0 Å². The van der Waals surface area contributed by atoms with E-state index in [0.717, 1.165) is 89.1 Å².